The van der Waals surface area contributed by atoms with Crippen molar-refractivity contribution in [1.29, 1.82) is 5.26 Å². The minimum absolute atomic E-state index is 0.0191. The van der Waals surface area contributed by atoms with Crippen LogP contribution in [0.4, 0.5) is 15.8 Å². The lowest BCUT2D eigenvalue weighted by atomic mass is 9.82. The number of benzene rings is 3. The van der Waals surface area contributed by atoms with Crippen molar-refractivity contribution in [3.05, 3.63) is 118 Å². The van der Waals surface area contributed by atoms with Crippen molar-refractivity contribution < 1.29 is 14.0 Å². The van der Waals surface area contributed by atoms with Crippen molar-refractivity contribution in [2.45, 2.75) is 12.8 Å². The number of hydrogen-bond acceptors (Lipinski definition) is 5. The molecule has 1 atom stereocenters. The fraction of sp³-hybridized carbons (Fsp3) is 0.107. The van der Waals surface area contributed by atoms with E-state index in [1.54, 1.807) is 19.1 Å². The number of allylic oxidation sites excluding steroid dienone is 2. The van der Waals surface area contributed by atoms with Gasteiger partial charge in [0.25, 0.3) is 5.91 Å². The van der Waals surface area contributed by atoms with Crippen LogP contribution in [0.15, 0.2) is 107 Å². The van der Waals surface area contributed by atoms with Crippen LogP contribution in [0.1, 0.15) is 18.4 Å². The van der Waals surface area contributed by atoms with E-state index in [0.29, 0.717) is 33.2 Å². The van der Waals surface area contributed by atoms with Crippen molar-refractivity contribution in [2.24, 2.45) is 0 Å². The second-order valence-electron chi connectivity index (χ2n) is 8.03. The molecular weight excluding hydrogens is 475 g/mol. The summed E-state index contributed by atoms with van der Waals surface area (Å²) in [5.74, 6) is -1.59. The number of amides is 2. The molecule has 3 N–H and O–H groups in total. The Balaban J connectivity index is 1.60. The topological polar surface area (TPSA) is 94.0 Å². The van der Waals surface area contributed by atoms with Gasteiger partial charge in [-0.05, 0) is 48.9 Å². The van der Waals surface area contributed by atoms with Gasteiger partial charge in [-0.25, -0.2) is 4.39 Å². The lowest BCUT2D eigenvalue weighted by molar-refractivity contribution is -0.114. The second kappa shape index (κ2) is 11.4. The number of hydrogen-bond donors (Lipinski definition) is 3. The summed E-state index contributed by atoms with van der Waals surface area (Å²) in [6.07, 6.45) is 0. The van der Waals surface area contributed by atoms with E-state index in [-0.39, 0.29) is 23.4 Å². The zero-order valence-corrected chi connectivity index (χ0v) is 20.2. The molecule has 2 amide bonds. The number of carbonyl (C=O) groups excluding carboxylic acids is 2. The van der Waals surface area contributed by atoms with Crippen LogP contribution in [-0.4, -0.2) is 17.6 Å². The minimum atomic E-state index is -0.608. The van der Waals surface area contributed by atoms with Gasteiger partial charge >= 0.3 is 0 Å². The van der Waals surface area contributed by atoms with Gasteiger partial charge in [0.15, 0.2) is 0 Å². The number of halogens is 1. The summed E-state index contributed by atoms with van der Waals surface area (Å²) < 4.78 is 13.1. The third-order valence-corrected chi connectivity index (χ3v) is 6.55. The van der Waals surface area contributed by atoms with E-state index in [2.05, 4.69) is 22.0 Å². The number of nitrogens with zero attached hydrogens (tertiary/aromatic N) is 1. The predicted molar refractivity (Wildman–Crippen MR) is 140 cm³/mol. The molecular formula is C28H23FN4O2S. The van der Waals surface area contributed by atoms with E-state index >= 15 is 0 Å². The molecule has 1 heterocycles. The Morgan fingerprint density at radius 1 is 0.944 bits per heavy atom. The van der Waals surface area contributed by atoms with Crippen LogP contribution >= 0.6 is 11.8 Å². The van der Waals surface area contributed by atoms with Gasteiger partial charge in [-0.2, -0.15) is 5.26 Å². The lowest BCUT2D eigenvalue weighted by Gasteiger charge is -2.29. The van der Waals surface area contributed by atoms with E-state index in [0.717, 1.165) is 5.56 Å². The van der Waals surface area contributed by atoms with Gasteiger partial charge in [0.05, 0.1) is 28.3 Å². The summed E-state index contributed by atoms with van der Waals surface area (Å²) in [6.45, 7) is 1.78. The molecule has 1 aliphatic rings. The van der Waals surface area contributed by atoms with Crippen LogP contribution < -0.4 is 16.0 Å². The molecule has 1 aliphatic heterocycles. The number of dihydropyridines is 1. The summed E-state index contributed by atoms with van der Waals surface area (Å²) in [5.41, 5.74) is 3.30. The van der Waals surface area contributed by atoms with Crippen LogP contribution in [0.25, 0.3) is 0 Å². The molecule has 3 aromatic carbocycles. The van der Waals surface area contributed by atoms with Gasteiger partial charge in [0.2, 0.25) is 5.91 Å². The average molecular weight is 499 g/mol. The highest BCUT2D eigenvalue weighted by Crippen LogP contribution is 2.40. The van der Waals surface area contributed by atoms with Crippen molar-refractivity contribution in [3.63, 3.8) is 0 Å². The molecule has 0 saturated heterocycles. The summed E-state index contributed by atoms with van der Waals surface area (Å²) >= 11 is 1.17. The zero-order valence-electron chi connectivity index (χ0n) is 19.4. The molecule has 0 radical (unpaired) electrons. The Morgan fingerprint density at radius 2 is 1.56 bits per heavy atom. The third-order valence-electron chi connectivity index (χ3n) is 5.53. The number of carbonyl (C=O) groups is 2. The molecule has 6 nitrogen and oxygen atoms in total. The van der Waals surface area contributed by atoms with E-state index in [1.807, 2.05) is 48.5 Å². The van der Waals surface area contributed by atoms with Gasteiger partial charge < -0.3 is 16.0 Å². The fourth-order valence-corrected chi connectivity index (χ4v) is 4.79. The normalized spacial score (nSPS) is 15.1. The maximum Gasteiger partial charge on any atom is 0.254 e. The lowest BCUT2D eigenvalue weighted by Crippen LogP contribution is -2.31. The SMILES string of the molecule is CC1=C(C(=O)Nc2ccccc2)[C@H](c2ccccc2)C(C#N)=C(SCC(=O)Nc2ccc(F)cc2)N1. The Kier molecular flexibility index (Phi) is 7.83. The number of thioether (sulfide) groups is 1. The second-order valence-corrected chi connectivity index (χ2v) is 9.01. The molecule has 0 unspecified atom stereocenters. The first-order valence-corrected chi connectivity index (χ1v) is 12.2. The molecule has 0 bridgehead atoms. The highest BCUT2D eigenvalue weighted by Gasteiger charge is 2.34. The molecule has 0 saturated carbocycles. The van der Waals surface area contributed by atoms with Gasteiger partial charge in [-0.1, -0.05) is 60.3 Å². The van der Waals surface area contributed by atoms with Gasteiger partial charge in [0.1, 0.15) is 5.82 Å². The molecule has 0 spiro atoms. The van der Waals surface area contributed by atoms with E-state index in [4.69, 9.17) is 0 Å². The first kappa shape index (κ1) is 24.8. The zero-order chi connectivity index (χ0) is 25.5. The molecule has 0 fully saturated rings. The van der Waals surface area contributed by atoms with Crippen molar-refractivity contribution in [3.8, 4) is 6.07 Å². The third kappa shape index (κ3) is 5.82. The van der Waals surface area contributed by atoms with E-state index in [9.17, 15) is 19.2 Å². The number of nitriles is 1. The summed E-state index contributed by atoms with van der Waals surface area (Å²) in [5, 5.41) is 19.5. The number of rotatable bonds is 7. The molecule has 0 aliphatic carbocycles. The molecule has 4 rings (SSSR count). The quantitative estimate of drug-likeness (QED) is 0.398. The van der Waals surface area contributed by atoms with Crippen LogP contribution in [0.2, 0.25) is 0 Å². The van der Waals surface area contributed by atoms with Crippen molar-refractivity contribution >= 4 is 35.0 Å². The smallest absolute Gasteiger partial charge is 0.254 e. The van der Waals surface area contributed by atoms with Crippen LogP contribution in [0.5, 0.6) is 0 Å². The Bertz CT molecular complexity index is 1360. The van der Waals surface area contributed by atoms with Crippen LogP contribution in [-0.2, 0) is 9.59 Å². The number of anilines is 2. The van der Waals surface area contributed by atoms with E-state index < -0.39 is 5.92 Å². The molecule has 36 heavy (non-hydrogen) atoms. The maximum absolute atomic E-state index is 13.4. The Hall–Kier alpha value is -4.35. The highest BCUT2D eigenvalue weighted by atomic mass is 32.2. The average Bonchev–Trinajstić information content (AvgIpc) is 2.89. The molecule has 180 valence electrons. The summed E-state index contributed by atoms with van der Waals surface area (Å²) in [6, 6.07) is 26.2. The van der Waals surface area contributed by atoms with Gasteiger partial charge in [0, 0.05) is 22.6 Å². The highest BCUT2D eigenvalue weighted by molar-refractivity contribution is 8.03. The number of para-hydroxylation sites is 1. The molecule has 8 heteroatoms. The van der Waals surface area contributed by atoms with E-state index in [1.165, 1.54) is 36.0 Å². The van der Waals surface area contributed by atoms with Crippen molar-refractivity contribution in [1.82, 2.24) is 5.32 Å². The standard InChI is InChI=1S/C28H23FN4O2S/c1-18-25(27(35)33-21-10-6-3-7-11-21)26(19-8-4-2-5-9-19)23(16-30)28(31-18)36-17-24(34)32-22-14-12-20(29)13-15-22/h2-15,26,31H,17H2,1H3,(H,32,34)(H,33,35)/t26-/m1/s1. The minimum Gasteiger partial charge on any atom is -0.353 e. The maximum atomic E-state index is 13.4. The molecule has 3 aromatic rings. The van der Waals surface area contributed by atoms with Gasteiger partial charge in [-0.15, -0.1) is 0 Å². The Morgan fingerprint density at radius 3 is 2.19 bits per heavy atom. The van der Waals surface area contributed by atoms with Gasteiger partial charge in [-0.3, -0.25) is 9.59 Å². The predicted octanol–water partition coefficient (Wildman–Crippen LogP) is 5.53. The van der Waals surface area contributed by atoms with Crippen molar-refractivity contribution in [2.75, 3.05) is 16.4 Å². The summed E-state index contributed by atoms with van der Waals surface area (Å²) in [4.78, 5) is 25.9. The summed E-state index contributed by atoms with van der Waals surface area (Å²) in [7, 11) is 0. The van der Waals surface area contributed by atoms with Crippen LogP contribution in [0.3, 0.4) is 0 Å². The fourth-order valence-electron chi connectivity index (χ4n) is 3.89. The Labute approximate surface area is 212 Å². The van der Waals surface area contributed by atoms with Crippen LogP contribution in [0, 0.1) is 17.1 Å². The number of nitrogens with one attached hydrogen (secondary N) is 3. The largest absolute Gasteiger partial charge is 0.353 e. The monoisotopic (exact) mass is 498 g/mol. The first-order chi connectivity index (χ1) is 17.5. The first-order valence-electron chi connectivity index (χ1n) is 11.2. The molecule has 0 aromatic heterocycles.